The minimum absolute atomic E-state index is 0.322. The molecule has 2 aliphatic rings. The second-order valence-electron chi connectivity index (χ2n) is 5.53. The molecule has 0 atom stereocenters. The highest BCUT2D eigenvalue weighted by Gasteiger charge is 2.40. The average Bonchev–Trinajstić information content (AvgIpc) is 2.93. The van der Waals surface area contributed by atoms with E-state index in [0.29, 0.717) is 6.61 Å². The van der Waals surface area contributed by atoms with Crippen LogP contribution in [0.1, 0.15) is 18.4 Å². The molecule has 2 saturated heterocycles. The summed E-state index contributed by atoms with van der Waals surface area (Å²) < 4.78 is 17.3. The predicted octanol–water partition coefficient (Wildman–Crippen LogP) is 2.04. The van der Waals surface area contributed by atoms with E-state index in [0.717, 1.165) is 52.3 Å². The highest BCUT2D eigenvalue weighted by atomic mass is 16.7. The maximum atomic E-state index is 5.78. The van der Waals surface area contributed by atoms with Gasteiger partial charge in [-0.1, -0.05) is 30.3 Å². The van der Waals surface area contributed by atoms with Crippen molar-refractivity contribution >= 4 is 0 Å². The number of rotatable bonds is 5. The molecule has 0 amide bonds. The van der Waals surface area contributed by atoms with Gasteiger partial charge in [-0.2, -0.15) is 0 Å². The van der Waals surface area contributed by atoms with Gasteiger partial charge in [0.2, 0.25) is 0 Å². The normalized spacial score (nSPS) is 22.4. The second kappa shape index (κ2) is 6.68. The number of nitrogens with zero attached hydrogens (tertiary/aromatic N) is 1. The van der Waals surface area contributed by atoms with Crippen LogP contribution < -0.4 is 0 Å². The Morgan fingerprint density at radius 1 is 1.15 bits per heavy atom. The second-order valence-corrected chi connectivity index (χ2v) is 5.53. The zero-order valence-corrected chi connectivity index (χ0v) is 11.9. The summed E-state index contributed by atoms with van der Waals surface area (Å²) in [7, 11) is 0. The lowest BCUT2D eigenvalue weighted by molar-refractivity contribution is -0.190. The molecule has 110 valence electrons. The summed E-state index contributed by atoms with van der Waals surface area (Å²) in [4.78, 5) is 2.39. The van der Waals surface area contributed by atoms with E-state index in [2.05, 4.69) is 17.0 Å². The Kier molecular flexibility index (Phi) is 4.68. The van der Waals surface area contributed by atoms with Crippen LogP contribution in [0.25, 0.3) is 0 Å². The molecule has 0 unspecified atom stereocenters. The standard InChI is InChI=1S/C16H23NO3/c1-2-5-15(6-3-1)13-18-10-9-17-8-4-7-16(14-17)19-11-12-20-16/h1-3,5-6H,4,7-14H2. The van der Waals surface area contributed by atoms with Crippen molar-refractivity contribution in [2.75, 3.05) is 39.5 Å². The van der Waals surface area contributed by atoms with Crippen molar-refractivity contribution in [1.82, 2.24) is 4.90 Å². The van der Waals surface area contributed by atoms with Crippen LogP contribution in [0.5, 0.6) is 0 Å². The van der Waals surface area contributed by atoms with Gasteiger partial charge >= 0.3 is 0 Å². The molecule has 0 N–H and O–H groups in total. The Balaban J connectivity index is 1.38. The van der Waals surface area contributed by atoms with Crippen LogP contribution in [0.4, 0.5) is 0 Å². The Hall–Kier alpha value is -0.940. The van der Waals surface area contributed by atoms with Gasteiger partial charge in [-0.25, -0.2) is 0 Å². The Morgan fingerprint density at radius 3 is 2.75 bits per heavy atom. The van der Waals surface area contributed by atoms with Crippen molar-refractivity contribution in [3.63, 3.8) is 0 Å². The van der Waals surface area contributed by atoms with Crippen molar-refractivity contribution in [3.05, 3.63) is 35.9 Å². The van der Waals surface area contributed by atoms with Crippen LogP contribution in [0, 0.1) is 0 Å². The molecule has 3 rings (SSSR count). The quantitative estimate of drug-likeness (QED) is 0.771. The molecule has 1 aromatic carbocycles. The first kappa shape index (κ1) is 14.0. The summed E-state index contributed by atoms with van der Waals surface area (Å²) in [6.45, 7) is 5.85. The molecule has 2 aliphatic heterocycles. The monoisotopic (exact) mass is 277 g/mol. The fourth-order valence-corrected chi connectivity index (χ4v) is 2.95. The third-order valence-electron chi connectivity index (χ3n) is 3.97. The number of piperidine rings is 1. The van der Waals surface area contributed by atoms with E-state index in [1.807, 2.05) is 18.2 Å². The van der Waals surface area contributed by atoms with Crippen molar-refractivity contribution in [3.8, 4) is 0 Å². The van der Waals surface area contributed by atoms with E-state index >= 15 is 0 Å². The zero-order valence-electron chi connectivity index (χ0n) is 11.9. The number of hydrogen-bond donors (Lipinski definition) is 0. The van der Waals surface area contributed by atoms with Gasteiger partial charge in [0, 0.05) is 13.0 Å². The Bertz CT molecular complexity index is 403. The molecular weight excluding hydrogens is 254 g/mol. The van der Waals surface area contributed by atoms with E-state index in [9.17, 15) is 0 Å². The fraction of sp³-hybridized carbons (Fsp3) is 0.625. The van der Waals surface area contributed by atoms with Gasteiger partial charge in [0.25, 0.3) is 0 Å². The Labute approximate surface area is 120 Å². The van der Waals surface area contributed by atoms with Crippen molar-refractivity contribution < 1.29 is 14.2 Å². The van der Waals surface area contributed by atoms with E-state index in [4.69, 9.17) is 14.2 Å². The highest BCUT2D eigenvalue weighted by molar-refractivity contribution is 5.13. The molecule has 1 spiro atoms. The number of benzene rings is 1. The van der Waals surface area contributed by atoms with E-state index in [1.165, 1.54) is 5.56 Å². The number of hydrogen-bond acceptors (Lipinski definition) is 4. The van der Waals surface area contributed by atoms with Crippen LogP contribution in [-0.2, 0) is 20.8 Å². The maximum Gasteiger partial charge on any atom is 0.181 e. The van der Waals surface area contributed by atoms with Crippen molar-refractivity contribution in [1.29, 1.82) is 0 Å². The lowest BCUT2D eigenvalue weighted by Gasteiger charge is -2.38. The molecule has 4 nitrogen and oxygen atoms in total. The summed E-state index contributed by atoms with van der Waals surface area (Å²) in [5, 5.41) is 0. The summed E-state index contributed by atoms with van der Waals surface area (Å²) in [6.07, 6.45) is 2.16. The molecule has 0 aliphatic carbocycles. The van der Waals surface area contributed by atoms with Gasteiger partial charge in [-0.15, -0.1) is 0 Å². The third kappa shape index (κ3) is 3.58. The maximum absolute atomic E-state index is 5.78. The molecule has 0 bridgehead atoms. The lowest BCUT2D eigenvalue weighted by Crippen LogP contribution is -2.49. The molecule has 2 fully saturated rings. The Morgan fingerprint density at radius 2 is 1.95 bits per heavy atom. The fourth-order valence-electron chi connectivity index (χ4n) is 2.95. The third-order valence-corrected chi connectivity index (χ3v) is 3.97. The number of likely N-dealkylation sites (tertiary alicyclic amines) is 1. The van der Waals surface area contributed by atoms with Crippen molar-refractivity contribution in [2.24, 2.45) is 0 Å². The topological polar surface area (TPSA) is 30.9 Å². The summed E-state index contributed by atoms with van der Waals surface area (Å²) >= 11 is 0. The minimum atomic E-state index is -0.322. The SMILES string of the molecule is c1ccc(COCCN2CCCC3(C2)OCCO3)cc1. The molecule has 0 radical (unpaired) electrons. The predicted molar refractivity (Wildman–Crippen MR) is 76.4 cm³/mol. The van der Waals surface area contributed by atoms with Crippen molar-refractivity contribution in [2.45, 2.75) is 25.2 Å². The molecule has 2 heterocycles. The molecule has 0 aromatic heterocycles. The molecule has 20 heavy (non-hydrogen) atoms. The van der Waals surface area contributed by atoms with E-state index in [-0.39, 0.29) is 5.79 Å². The van der Waals surface area contributed by atoms with Crippen LogP contribution in [-0.4, -0.2) is 50.1 Å². The van der Waals surface area contributed by atoms with Crippen LogP contribution >= 0.6 is 0 Å². The van der Waals surface area contributed by atoms with Gasteiger partial charge in [0.15, 0.2) is 5.79 Å². The van der Waals surface area contributed by atoms with E-state index < -0.39 is 0 Å². The first-order valence-electron chi connectivity index (χ1n) is 7.48. The zero-order chi connectivity index (χ0) is 13.7. The lowest BCUT2D eigenvalue weighted by atomic mass is 10.0. The molecular formula is C16H23NO3. The molecule has 4 heteroatoms. The van der Waals surface area contributed by atoms with Crippen LogP contribution in [0.15, 0.2) is 30.3 Å². The summed E-state index contributed by atoms with van der Waals surface area (Å²) in [6, 6.07) is 10.3. The molecule has 0 saturated carbocycles. The summed E-state index contributed by atoms with van der Waals surface area (Å²) in [5.74, 6) is -0.322. The first-order valence-corrected chi connectivity index (χ1v) is 7.48. The van der Waals surface area contributed by atoms with E-state index in [1.54, 1.807) is 0 Å². The van der Waals surface area contributed by atoms with Gasteiger partial charge in [-0.05, 0) is 18.5 Å². The van der Waals surface area contributed by atoms with Gasteiger partial charge in [-0.3, -0.25) is 4.90 Å². The largest absolute Gasteiger partial charge is 0.375 e. The van der Waals surface area contributed by atoms with Gasteiger partial charge in [0.1, 0.15) is 0 Å². The smallest absolute Gasteiger partial charge is 0.181 e. The number of ether oxygens (including phenoxy) is 3. The van der Waals surface area contributed by atoms with Crippen LogP contribution in [0.2, 0.25) is 0 Å². The average molecular weight is 277 g/mol. The molecule has 1 aromatic rings. The van der Waals surface area contributed by atoms with Crippen LogP contribution in [0.3, 0.4) is 0 Å². The van der Waals surface area contributed by atoms with Gasteiger partial charge in [0.05, 0.1) is 33.0 Å². The summed E-state index contributed by atoms with van der Waals surface area (Å²) in [5.41, 5.74) is 1.23. The minimum Gasteiger partial charge on any atom is -0.375 e. The highest BCUT2D eigenvalue weighted by Crippen LogP contribution is 2.29. The van der Waals surface area contributed by atoms with Gasteiger partial charge < -0.3 is 14.2 Å². The first-order chi connectivity index (χ1) is 9.86.